The fraction of sp³-hybridized carbons (Fsp3) is 0.333. The van der Waals surface area contributed by atoms with Gasteiger partial charge in [-0.15, -0.1) is 0 Å². The first-order valence-corrected chi connectivity index (χ1v) is 5.56. The second kappa shape index (κ2) is 4.27. The average Bonchev–Trinajstić information content (AvgIpc) is 2.05. The molecule has 0 N–H and O–H groups in total. The Hall–Kier alpha value is 0.180. The van der Waals surface area contributed by atoms with Gasteiger partial charge in [-0.3, -0.25) is 0 Å². The van der Waals surface area contributed by atoms with Crippen LogP contribution in [0.3, 0.4) is 0 Å². The fourth-order valence-corrected chi connectivity index (χ4v) is 1.56. The zero-order chi connectivity index (χ0) is 8.27. The lowest BCUT2D eigenvalue weighted by atomic mass is 10.1. The van der Waals surface area contributed by atoms with Crippen LogP contribution in [-0.2, 0) is 5.33 Å². The summed E-state index contributed by atoms with van der Waals surface area (Å²) in [5, 5.41) is 0.931. The highest BCUT2D eigenvalue weighted by Crippen LogP contribution is 2.22. The van der Waals surface area contributed by atoms with Crippen molar-refractivity contribution in [2.24, 2.45) is 0 Å². The van der Waals surface area contributed by atoms with E-state index >= 15 is 0 Å². The maximum absolute atomic E-state index is 3.53. The van der Waals surface area contributed by atoms with Gasteiger partial charge in [0.1, 0.15) is 0 Å². The van der Waals surface area contributed by atoms with Gasteiger partial charge in [-0.1, -0.05) is 56.1 Å². The third-order valence-corrected chi connectivity index (χ3v) is 2.74. The normalized spacial score (nSPS) is 13.0. The van der Waals surface area contributed by atoms with Gasteiger partial charge in [0.15, 0.2) is 0 Å². The standard InChI is InChI=1S/C9H10Br2/c1-7(11)9-4-2-3-8(5-9)6-10/h2-5,7H,6H2,1H3. The lowest BCUT2D eigenvalue weighted by Crippen LogP contribution is -1.85. The zero-order valence-electron chi connectivity index (χ0n) is 6.35. The quantitative estimate of drug-likeness (QED) is 0.716. The van der Waals surface area contributed by atoms with E-state index in [1.54, 1.807) is 0 Å². The van der Waals surface area contributed by atoms with Crippen molar-refractivity contribution in [2.45, 2.75) is 17.1 Å². The van der Waals surface area contributed by atoms with Crippen molar-refractivity contribution in [2.75, 3.05) is 0 Å². The molecule has 0 aliphatic carbocycles. The van der Waals surface area contributed by atoms with Crippen LogP contribution in [0.1, 0.15) is 22.9 Å². The maximum atomic E-state index is 3.53. The maximum Gasteiger partial charge on any atom is 0.0367 e. The first-order valence-electron chi connectivity index (χ1n) is 3.53. The summed E-state index contributed by atoms with van der Waals surface area (Å²) in [5.74, 6) is 0. The smallest absolute Gasteiger partial charge is 0.0367 e. The summed E-state index contributed by atoms with van der Waals surface area (Å²) in [5.41, 5.74) is 2.66. The van der Waals surface area contributed by atoms with Gasteiger partial charge in [-0.25, -0.2) is 0 Å². The largest absolute Gasteiger partial charge is 0.0876 e. The molecule has 0 spiro atoms. The number of hydrogen-bond acceptors (Lipinski definition) is 0. The molecule has 1 atom stereocenters. The first-order chi connectivity index (χ1) is 5.24. The molecule has 0 heterocycles. The molecule has 0 fully saturated rings. The lowest BCUT2D eigenvalue weighted by Gasteiger charge is -2.04. The van der Waals surface area contributed by atoms with Crippen LogP contribution in [0.2, 0.25) is 0 Å². The summed E-state index contributed by atoms with van der Waals surface area (Å²) in [6.07, 6.45) is 0. The summed E-state index contributed by atoms with van der Waals surface area (Å²) in [6, 6.07) is 8.54. The van der Waals surface area contributed by atoms with Gasteiger partial charge >= 0.3 is 0 Å². The molecule has 0 saturated heterocycles. The van der Waals surface area contributed by atoms with E-state index in [-0.39, 0.29) is 0 Å². The van der Waals surface area contributed by atoms with E-state index in [0.29, 0.717) is 4.83 Å². The average molecular weight is 278 g/mol. The SMILES string of the molecule is CC(Br)c1cccc(CBr)c1. The topological polar surface area (TPSA) is 0 Å². The van der Waals surface area contributed by atoms with Crippen LogP contribution in [0.15, 0.2) is 24.3 Å². The van der Waals surface area contributed by atoms with Gasteiger partial charge < -0.3 is 0 Å². The Bertz CT molecular complexity index is 231. The number of halogens is 2. The summed E-state index contributed by atoms with van der Waals surface area (Å²) in [4.78, 5) is 0.446. The predicted octanol–water partition coefficient (Wildman–Crippen LogP) is 4.04. The highest BCUT2D eigenvalue weighted by atomic mass is 79.9. The number of alkyl halides is 2. The van der Waals surface area contributed by atoms with E-state index in [0.717, 1.165) is 5.33 Å². The summed E-state index contributed by atoms with van der Waals surface area (Å²) in [6.45, 7) is 2.13. The van der Waals surface area contributed by atoms with Crippen LogP contribution in [0.25, 0.3) is 0 Å². The molecule has 11 heavy (non-hydrogen) atoms. The van der Waals surface area contributed by atoms with E-state index < -0.39 is 0 Å². The second-order valence-corrected chi connectivity index (χ2v) is 4.43. The van der Waals surface area contributed by atoms with Crippen molar-refractivity contribution in [3.05, 3.63) is 35.4 Å². The molecular weight excluding hydrogens is 268 g/mol. The minimum atomic E-state index is 0.446. The van der Waals surface area contributed by atoms with E-state index in [9.17, 15) is 0 Å². The van der Waals surface area contributed by atoms with Crippen LogP contribution >= 0.6 is 31.9 Å². The number of benzene rings is 1. The first kappa shape index (κ1) is 9.27. The molecular formula is C9H10Br2. The zero-order valence-corrected chi connectivity index (χ0v) is 9.52. The minimum absolute atomic E-state index is 0.446. The Morgan fingerprint density at radius 1 is 1.45 bits per heavy atom. The van der Waals surface area contributed by atoms with Crippen molar-refractivity contribution < 1.29 is 0 Å². The fourth-order valence-electron chi connectivity index (χ4n) is 0.924. The molecule has 0 saturated carbocycles. The van der Waals surface area contributed by atoms with Crippen LogP contribution in [0.5, 0.6) is 0 Å². The molecule has 0 nitrogen and oxygen atoms in total. The Balaban J connectivity index is 2.91. The predicted molar refractivity (Wildman–Crippen MR) is 56.4 cm³/mol. The third-order valence-electron chi connectivity index (χ3n) is 1.56. The van der Waals surface area contributed by atoms with Gasteiger partial charge in [0.25, 0.3) is 0 Å². The molecule has 1 aromatic rings. The van der Waals surface area contributed by atoms with Gasteiger partial charge in [-0.2, -0.15) is 0 Å². The molecule has 1 unspecified atom stereocenters. The molecule has 1 rings (SSSR count). The summed E-state index contributed by atoms with van der Waals surface area (Å²) < 4.78 is 0. The molecule has 0 amide bonds. The second-order valence-electron chi connectivity index (χ2n) is 2.49. The van der Waals surface area contributed by atoms with Gasteiger partial charge in [-0.05, 0) is 18.1 Å². The molecule has 0 aliphatic rings. The Morgan fingerprint density at radius 2 is 2.18 bits per heavy atom. The molecule has 0 radical (unpaired) electrons. The highest BCUT2D eigenvalue weighted by Gasteiger charge is 1.99. The lowest BCUT2D eigenvalue weighted by molar-refractivity contribution is 1.11. The van der Waals surface area contributed by atoms with Crippen LogP contribution in [0.4, 0.5) is 0 Å². The summed E-state index contributed by atoms with van der Waals surface area (Å²) >= 11 is 6.96. The third kappa shape index (κ3) is 2.60. The Kier molecular flexibility index (Phi) is 3.60. The van der Waals surface area contributed by atoms with Crippen molar-refractivity contribution in [3.63, 3.8) is 0 Å². The van der Waals surface area contributed by atoms with E-state index in [4.69, 9.17) is 0 Å². The Labute approximate surface area is 84.3 Å². The van der Waals surface area contributed by atoms with Crippen LogP contribution in [0, 0.1) is 0 Å². The van der Waals surface area contributed by atoms with Crippen molar-refractivity contribution >= 4 is 31.9 Å². The number of rotatable bonds is 2. The molecule has 60 valence electrons. The monoisotopic (exact) mass is 276 g/mol. The summed E-state index contributed by atoms with van der Waals surface area (Å²) in [7, 11) is 0. The molecule has 0 bridgehead atoms. The Morgan fingerprint density at radius 3 is 2.73 bits per heavy atom. The van der Waals surface area contributed by atoms with Gasteiger partial charge in [0.05, 0.1) is 0 Å². The number of hydrogen-bond donors (Lipinski definition) is 0. The van der Waals surface area contributed by atoms with Crippen LogP contribution < -0.4 is 0 Å². The van der Waals surface area contributed by atoms with Crippen LogP contribution in [-0.4, -0.2) is 0 Å². The van der Waals surface area contributed by atoms with Crippen molar-refractivity contribution in [3.8, 4) is 0 Å². The van der Waals surface area contributed by atoms with E-state index in [1.165, 1.54) is 11.1 Å². The van der Waals surface area contributed by atoms with Gasteiger partial charge in [0, 0.05) is 10.2 Å². The van der Waals surface area contributed by atoms with Gasteiger partial charge in [0.2, 0.25) is 0 Å². The molecule has 2 heteroatoms. The molecule has 1 aromatic carbocycles. The van der Waals surface area contributed by atoms with E-state index in [2.05, 4.69) is 63.0 Å². The molecule has 0 aliphatic heterocycles. The minimum Gasteiger partial charge on any atom is -0.0876 e. The van der Waals surface area contributed by atoms with Crippen molar-refractivity contribution in [1.29, 1.82) is 0 Å². The van der Waals surface area contributed by atoms with Crippen molar-refractivity contribution in [1.82, 2.24) is 0 Å². The highest BCUT2D eigenvalue weighted by molar-refractivity contribution is 9.09. The molecule has 0 aromatic heterocycles. The van der Waals surface area contributed by atoms with E-state index in [1.807, 2.05) is 0 Å².